The molecule has 0 radical (unpaired) electrons. The van der Waals surface area contributed by atoms with E-state index in [0.717, 1.165) is 27.4 Å². The molecule has 1 N–H and O–H groups in total. The SMILES string of the molecule is Cc1ccc(C(=O)Nc2ncc(Cc3ccc(C)c(Cl)c3)s2)o1. The van der Waals surface area contributed by atoms with Gasteiger partial charge in [0.2, 0.25) is 0 Å². The van der Waals surface area contributed by atoms with Gasteiger partial charge in [0.25, 0.3) is 5.91 Å². The molecule has 0 fully saturated rings. The van der Waals surface area contributed by atoms with Gasteiger partial charge in [0.15, 0.2) is 10.9 Å². The van der Waals surface area contributed by atoms with E-state index in [2.05, 4.69) is 10.3 Å². The fourth-order valence-corrected chi connectivity index (χ4v) is 3.15. The summed E-state index contributed by atoms with van der Waals surface area (Å²) < 4.78 is 5.29. The number of carbonyl (C=O) groups is 1. The van der Waals surface area contributed by atoms with Crippen molar-refractivity contribution in [3.05, 3.63) is 69.1 Å². The molecule has 0 saturated carbocycles. The molecule has 0 unspecified atom stereocenters. The number of hydrogen-bond donors (Lipinski definition) is 1. The monoisotopic (exact) mass is 346 g/mol. The third kappa shape index (κ3) is 3.81. The second-order valence-electron chi connectivity index (χ2n) is 5.26. The Kier molecular flexibility index (Phi) is 4.50. The number of hydrogen-bond acceptors (Lipinski definition) is 4. The number of nitrogens with one attached hydrogen (secondary N) is 1. The van der Waals surface area contributed by atoms with Crippen LogP contribution in [0.15, 0.2) is 40.9 Å². The molecule has 1 amide bonds. The van der Waals surface area contributed by atoms with Crippen LogP contribution in [-0.2, 0) is 6.42 Å². The normalized spacial score (nSPS) is 10.7. The van der Waals surface area contributed by atoms with Gasteiger partial charge in [0.1, 0.15) is 5.76 Å². The Hall–Kier alpha value is -2.11. The van der Waals surface area contributed by atoms with Gasteiger partial charge in [0, 0.05) is 22.5 Å². The summed E-state index contributed by atoms with van der Waals surface area (Å²) in [5.74, 6) is 0.688. The van der Waals surface area contributed by atoms with Gasteiger partial charge in [-0.3, -0.25) is 10.1 Å². The third-order valence-corrected chi connectivity index (χ3v) is 4.67. The molecule has 0 saturated heterocycles. The van der Waals surface area contributed by atoms with Gasteiger partial charge in [-0.1, -0.05) is 23.7 Å². The predicted molar refractivity (Wildman–Crippen MR) is 92.5 cm³/mol. The van der Waals surface area contributed by atoms with Crippen LogP contribution in [0, 0.1) is 13.8 Å². The standard InChI is InChI=1S/C17H15ClN2O2S/c1-10-3-5-12(8-14(10)18)7-13-9-19-17(23-13)20-16(21)15-6-4-11(2)22-15/h3-6,8-9H,7H2,1-2H3,(H,19,20,21). The highest BCUT2D eigenvalue weighted by Crippen LogP contribution is 2.24. The highest BCUT2D eigenvalue weighted by atomic mass is 35.5. The molecule has 1 aromatic carbocycles. The first-order chi connectivity index (χ1) is 11.0. The van der Waals surface area contributed by atoms with Gasteiger partial charge in [-0.05, 0) is 43.2 Å². The number of furan rings is 1. The van der Waals surface area contributed by atoms with E-state index in [4.69, 9.17) is 16.0 Å². The van der Waals surface area contributed by atoms with Gasteiger partial charge in [-0.2, -0.15) is 0 Å². The second-order valence-corrected chi connectivity index (χ2v) is 6.78. The molecule has 6 heteroatoms. The quantitative estimate of drug-likeness (QED) is 0.734. The minimum atomic E-state index is -0.294. The maximum absolute atomic E-state index is 12.0. The minimum Gasteiger partial charge on any atom is -0.456 e. The average Bonchev–Trinajstić information content (AvgIpc) is 3.12. The second kappa shape index (κ2) is 6.56. The Morgan fingerprint density at radius 2 is 2.13 bits per heavy atom. The first kappa shape index (κ1) is 15.8. The summed E-state index contributed by atoms with van der Waals surface area (Å²) in [4.78, 5) is 17.3. The van der Waals surface area contributed by atoms with E-state index < -0.39 is 0 Å². The molecule has 4 nitrogen and oxygen atoms in total. The van der Waals surface area contributed by atoms with Crippen LogP contribution in [0.3, 0.4) is 0 Å². The van der Waals surface area contributed by atoms with Crippen molar-refractivity contribution in [2.24, 2.45) is 0 Å². The van der Waals surface area contributed by atoms with Crippen LogP contribution in [0.5, 0.6) is 0 Å². The summed E-state index contributed by atoms with van der Waals surface area (Å²) in [7, 11) is 0. The summed E-state index contributed by atoms with van der Waals surface area (Å²) in [6.07, 6.45) is 2.49. The Labute approximate surface area is 143 Å². The number of carbonyl (C=O) groups excluding carboxylic acids is 1. The van der Waals surface area contributed by atoms with E-state index in [9.17, 15) is 4.79 Å². The summed E-state index contributed by atoms with van der Waals surface area (Å²) in [6, 6.07) is 9.41. The summed E-state index contributed by atoms with van der Waals surface area (Å²) >= 11 is 7.58. The molecule has 0 aliphatic carbocycles. The van der Waals surface area contributed by atoms with E-state index in [1.54, 1.807) is 25.3 Å². The zero-order valence-corrected chi connectivity index (χ0v) is 14.3. The van der Waals surface area contributed by atoms with Gasteiger partial charge < -0.3 is 4.42 Å². The van der Waals surface area contributed by atoms with Crippen LogP contribution >= 0.6 is 22.9 Å². The highest BCUT2D eigenvalue weighted by molar-refractivity contribution is 7.15. The smallest absolute Gasteiger partial charge is 0.293 e. The maximum atomic E-state index is 12.0. The van der Waals surface area contributed by atoms with Gasteiger partial charge >= 0.3 is 0 Å². The highest BCUT2D eigenvalue weighted by Gasteiger charge is 2.12. The van der Waals surface area contributed by atoms with E-state index in [1.165, 1.54) is 11.3 Å². The molecule has 23 heavy (non-hydrogen) atoms. The lowest BCUT2D eigenvalue weighted by atomic mass is 10.1. The molecule has 2 heterocycles. The Bertz CT molecular complexity index is 854. The lowest BCUT2D eigenvalue weighted by molar-refractivity contribution is 0.0995. The molecule has 0 aliphatic rings. The van der Waals surface area contributed by atoms with E-state index in [-0.39, 0.29) is 11.7 Å². The first-order valence-electron chi connectivity index (χ1n) is 7.09. The number of rotatable bonds is 4. The van der Waals surface area contributed by atoms with E-state index in [0.29, 0.717) is 10.9 Å². The number of anilines is 1. The first-order valence-corrected chi connectivity index (χ1v) is 8.28. The predicted octanol–water partition coefficient (Wildman–Crippen LogP) is 4.85. The lowest BCUT2D eigenvalue weighted by Gasteiger charge is -2.02. The molecule has 3 rings (SSSR count). The van der Waals surface area contributed by atoms with Crippen molar-refractivity contribution in [1.82, 2.24) is 4.98 Å². The van der Waals surface area contributed by atoms with Crippen LogP contribution < -0.4 is 5.32 Å². The van der Waals surface area contributed by atoms with Crippen LogP contribution in [0.25, 0.3) is 0 Å². The lowest BCUT2D eigenvalue weighted by Crippen LogP contribution is -2.10. The van der Waals surface area contributed by atoms with Crippen molar-refractivity contribution in [2.75, 3.05) is 5.32 Å². The largest absolute Gasteiger partial charge is 0.456 e. The zero-order chi connectivity index (χ0) is 16.4. The molecular formula is C17H15ClN2O2S. The van der Waals surface area contributed by atoms with Crippen LogP contribution in [0.4, 0.5) is 5.13 Å². The Balaban J connectivity index is 1.68. The van der Waals surface area contributed by atoms with Crippen LogP contribution in [0.1, 0.15) is 32.3 Å². The number of nitrogens with zero attached hydrogens (tertiary/aromatic N) is 1. The third-order valence-electron chi connectivity index (χ3n) is 3.35. The molecule has 118 valence electrons. The number of benzene rings is 1. The number of aryl methyl sites for hydroxylation is 2. The molecule has 0 spiro atoms. The summed E-state index contributed by atoms with van der Waals surface area (Å²) in [5.41, 5.74) is 2.17. The number of thiazole rings is 1. The van der Waals surface area contributed by atoms with Crippen molar-refractivity contribution >= 4 is 34.0 Å². The molecule has 3 aromatic rings. The fraction of sp³-hybridized carbons (Fsp3) is 0.176. The number of amides is 1. The van der Waals surface area contributed by atoms with Crippen molar-refractivity contribution in [1.29, 1.82) is 0 Å². The molecule has 0 aliphatic heterocycles. The van der Waals surface area contributed by atoms with Crippen molar-refractivity contribution in [2.45, 2.75) is 20.3 Å². The molecular weight excluding hydrogens is 332 g/mol. The van der Waals surface area contributed by atoms with Crippen molar-refractivity contribution in [3.8, 4) is 0 Å². The Morgan fingerprint density at radius 3 is 2.83 bits per heavy atom. The fourth-order valence-electron chi connectivity index (χ4n) is 2.11. The van der Waals surface area contributed by atoms with Gasteiger partial charge in [-0.25, -0.2) is 4.98 Å². The molecule has 2 aromatic heterocycles. The van der Waals surface area contributed by atoms with E-state index >= 15 is 0 Å². The minimum absolute atomic E-state index is 0.282. The zero-order valence-electron chi connectivity index (χ0n) is 12.7. The number of aromatic nitrogens is 1. The van der Waals surface area contributed by atoms with Crippen molar-refractivity contribution < 1.29 is 9.21 Å². The summed E-state index contributed by atoms with van der Waals surface area (Å²) in [5, 5.41) is 4.06. The van der Waals surface area contributed by atoms with Crippen molar-refractivity contribution in [3.63, 3.8) is 0 Å². The van der Waals surface area contributed by atoms with Crippen LogP contribution in [0.2, 0.25) is 5.02 Å². The van der Waals surface area contributed by atoms with Crippen LogP contribution in [-0.4, -0.2) is 10.9 Å². The molecule has 0 atom stereocenters. The van der Waals surface area contributed by atoms with E-state index in [1.807, 2.05) is 25.1 Å². The van der Waals surface area contributed by atoms with Gasteiger partial charge in [-0.15, -0.1) is 11.3 Å². The molecule has 0 bridgehead atoms. The number of halogens is 1. The topological polar surface area (TPSA) is 55.1 Å². The van der Waals surface area contributed by atoms with Gasteiger partial charge in [0.05, 0.1) is 0 Å². The maximum Gasteiger partial charge on any atom is 0.293 e. The average molecular weight is 347 g/mol. The summed E-state index contributed by atoms with van der Waals surface area (Å²) in [6.45, 7) is 3.77. The Morgan fingerprint density at radius 1 is 1.30 bits per heavy atom.